The van der Waals surface area contributed by atoms with Gasteiger partial charge < -0.3 is 0 Å². The molecular weight excluding hydrogens is 212 g/mol. The number of nitrogens with zero attached hydrogens (tertiary/aromatic N) is 2. The van der Waals surface area contributed by atoms with Crippen molar-refractivity contribution in [3.8, 4) is 0 Å². The quantitative estimate of drug-likeness (QED) is 0.672. The topological polar surface area (TPSA) is 59.9 Å². The van der Waals surface area contributed by atoms with Gasteiger partial charge in [0.25, 0.3) is 0 Å². The van der Waals surface area contributed by atoms with Gasteiger partial charge in [-0.3, -0.25) is 0 Å². The van der Waals surface area contributed by atoms with Crippen molar-refractivity contribution in [1.82, 2.24) is 9.97 Å². The van der Waals surface area contributed by atoms with Crippen LogP contribution >= 0.6 is 0 Å². The summed E-state index contributed by atoms with van der Waals surface area (Å²) >= 11 is 0. The van der Waals surface area contributed by atoms with Crippen LogP contribution in [0.1, 0.15) is 29.8 Å². The van der Waals surface area contributed by atoms with Gasteiger partial charge in [-0.05, 0) is 38.2 Å². The van der Waals surface area contributed by atoms with Crippen molar-refractivity contribution in [3.05, 3.63) is 17.0 Å². The number of hydrogen-bond acceptors (Lipinski definition) is 4. The van der Waals surface area contributed by atoms with E-state index in [0.717, 1.165) is 48.9 Å². The third kappa shape index (κ3) is 2.02. The largest absolute Gasteiger partial charge is 0.247 e. The van der Waals surface area contributed by atoms with Gasteiger partial charge in [0, 0.05) is 17.6 Å². The fourth-order valence-electron chi connectivity index (χ4n) is 1.92. The Kier molecular flexibility index (Phi) is 2.50. The summed E-state index contributed by atoms with van der Waals surface area (Å²) in [5.74, 6) is 0. The summed E-state index contributed by atoms with van der Waals surface area (Å²) in [6.07, 6.45) is 5.24. The Morgan fingerprint density at radius 3 is 2.47 bits per heavy atom. The van der Waals surface area contributed by atoms with E-state index in [2.05, 4.69) is 9.97 Å². The van der Waals surface area contributed by atoms with Crippen molar-refractivity contribution in [2.24, 2.45) is 0 Å². The molecule has 0 aliphatic heterocycles. The first kappa shape index (κ1) is 10.5. The van der Waals surface area contributed by atoms with Crippen LogP contribution in [0.4, 0.5) is 0 Å². The maximum absolute atomic E-state index is 11.3. The van der Waals surface area contributed by atoms with Crippen molar-refractivity contribution >= 4 is 9.84 Å². The first-order valence-corrected chi connectivity index (χ1v) is 6.94. The van der Waals surface area contributed by atoms with Gasteiger partial charge in [-0.25, -0.2) is 18.4 Å². The van der Waals surface area contributed by atoms with Crippen LogP contribution in [0.3, 0.4) is 0 Å². The third-order valence-electron chi connectivity index (χ3n) is 2.70. The predicted molar refractivity (Wildman–Crippen MR) is 56.5 cm³/mol. The predicted octanol–water partition coefficient (Wildman–Crippen LogP) is 1.07. The normalized spacial score (nSPS) is 16.1. The summed E-state index contributed by atoms with van der Waals surface area (Å²) in [6, 6.07) is 0. The highest BCUT2D eigenvalue weighted by Gasteiger charge is 2.19. The molecule has 0 unspecified atom stereocenters. The molecule has 4 nitrogen and oxygen atoms in total. The lowest BCUT2D eigenvalue weighted by atomic mass is 9.95. The second-order valence-electron chi connectivity index (χ2n) is 4.00. The molecule has 0 amide bonds. The van der Waals surface area contributed by atoms with Crippen LogP contribution in [0.15, 0.2) is 5.16 Å². The molecule has 1 aromatic heterocycles. The smallest absolute Gasteiger partial charge is 0.223 e. The highest BCUT2D eigenvalue weighted by Crippen LogP contribution is 2.22. The summed E-state index contributed by atoms with van der Waals surface area (Å²) in [5.41, 5.74) is 2.89. The Hall–Kier alpha value is -0.970. The second kappa shape index (κ2) is 3.56. The van der Waals surface area contributed by atoms with Gasteiger partial charge in [-0.1, -0.05) is 0 Å². The highest BCUT2D eigenvalue weighted by atomic mass is 32.2. The van der Waals surface area contributed by atoms with Gasteiger partial charge in [-0.2, -0.15) is 0 Å². The molecule has 1 aliphatic rings. The molecule has 0 atom stereocenters. The zero-order valence-corrected chi connectivity index (χ0v) is 9.76. The SMILES string of the molecule is Cc1nc(S(C)(=O)=O)nc2c1CCCC2. The molecule has 5 heteroatoms. The lowest BCUT2D eigenvalue weighted by Crippen LogP contribution is -2.14. The number of aromatic nitrogens is 2. The third-order valence-corrected chi connectivity index (χ3v) is 3.55. The first-order valence-electron chi connectivity index (χ1n) is 5.05. The summed E-state index contributed by atoms with van der Waals surface area (Å²) < 4.78 is 22.7. The number of sulfone groups is 1. The van der Waals surface area contributed by atoms with Crippen molar-refractivity contribution in [3.63, 3.8) is 0 Å². The minimum atomic E-state index is -3.28. The van der Waals surface area contributed by atoms with E-state index >= 15 is 0 Å². The monoisotopic (exact) mass is 226 g/mol. The molecule has 0 fully saturated rings. The molecule has 0 saturated carbocycles. The van der Waals surface area contributed by atoms with Crippen molar-refractivity contribution in [1.29, 1.82) is 0 Å². The van der Waals surface area contributed by atoms with Crippen LogP contribution in [0.25, 0.3) is 0 Å². The number of rotatable bonds is 1. The maximum Gasteiger partial charge on any atom is 0.247 e. The van der Waals surface area contributed by atoms with Crippen LogP contribution in [-0.4, -0.2) is 24.6 Å². The van der Waals surface area contributed by atoms with Gasteiger partial charge >= 0.3 is 0 Å². The Bertz CT molecular complexity index is 494. The maximum atomic E-state index is 11.3. The summed E-state index contributed by atoms with van der Waals surface area (Å²) in [7, 11) is -3.28. The van der Waals surface area contributed by atoms with Crippen LogP contribution < -0.4 is 0 Å². The fraction of sp³-hybridized carbons (Fsp3) is 0.600. The molecule has 0 spiro atoms. The van der Waals surface area contributed by atoms with E-state index in [0.29, 0.717) is 0 Å². The summed E-state index contributed by atoms with van der Waals surface area (Å²) in [4.78, 5) is 8.20. The molecule has 0 saturated heterocycles. The molecule has 2 rings (SSSR count). The second-order valence-corrected chi connectivity index (χ2v) is 5.91. The van der Waals surface area contributed by atoms with E-state index in [4.69, 9.17) is 0 Å². The molecule has 82 valence electrons. The van der Waals surface area contributed by atoms with Gasteiger partial charge in [0.05, 0.1) is 0 Å². The molecule has 1 heterocycles. The molecule has 0 N–H and O–H groups in total. The van der Waals surface area contributed by atoms with Gasteiger partial charge in [0.2, 0.25) is 15.0 Å². The Morgan fingerprint density at radius 2 is 1.80 bits per heavy atom. The average Bonchev–Trinajstić information content (AvgIpc) is 2.16. The molecule has 0 radical (unpaired) electrons. The number of fused-ring (bicyclic) bond motifs is 1. The first-order chi connectivity index (χ1) is 6.98. The highest BCUT2D eigenvalue weighted by molar-refractivity contribution is 7.90. The van der Waals surface area contributed by atoms with E-state index in [1.54, 1.807) is 0 Å². The van der Waals surface area contributed by atoms with Crippen molar-refractivity contribution in [2.45, 2.75) is 37.8 Å². The van der Waals surface area contributed by atoms with Gasteiger partial charge in [-0.15, -0.1) is 0 Å². The summed E-state index contributed by atoms with van der Waals surface area (Å²) in [6.45, 7) is 1.86. The minimum Gasteiger partial charge on any atom is -0.223 e. The van der Waals surface area contributed by atoms with Gasteiger partial charge in [0.1, 0.15) is 0 Å². The van der Waals surface area contributed by atoms with E-state index in [1.165, 1.54) is 0 Å². The van der Waals surface area contributed by atoms with E-state index in [-0.39, 0.29) is 5.16 Å². The standard InChI is InChI=1S/C10H14N2O2S/c1-7-8-5-3-4-6-9(8)12-10(11-7)15(2,13)14/h3-6H2,1-2H3. The zero-order chi connectivity index (χ0) is 11.1. The van der Waals surface area contributed by atoms with E-state index in [1.807, 2.05) is 6.92 Å². The van der Waals surface area contributed by atoms with Crippen LogP contribution in [0.5, 0.6) is 0 Å². The van der Waals surface area contributed by atoms with Gasteiger partial charge in [0.15, 0.2) is 0 Å². The van der Waals surface area contributed by atoms with Crippen LogP contribution in [0, 0.1) is 6.92 Å². The van der Waals surface area contributed by atoms with Crippen LogP contribution in [0.2, 0.25) is 0 Å². The molecular formula is C10H14N2O2S. The summed E-state index contributed by atoms with van der Waals surface area (Å²) in [5, 5.41) is -0.0272. The van der Waals surface area contributed by atoms with E-state index in [9.17, 15) is 8.42 Å². The molecule has 1 aliphatic carbocycles. The lowest BCUT2D eigenvalue weighted by Gasteiger charge is -2.16. The average molecular weight is 226 g/mol. The fourth-order valence-corrected chi connectivity index (χ4v) is 2.50. The lowest BCUT2D eigenvalue weighted by molar-refractivity contribution is 0.584. The minimum absolute atomic E-state index is 0.0272. The Balaban J connectivity index is 2.60. The Labute approximate surface area is 89.7 Å². The van der Waals surface area contributed by atoms with Crippen molar-refractivity contribution < 1.29 is 8.42 Å². The molecule has 0 aromatic carbocycles. The number of aryl methyl sites for hydroxylation is 2. The van der Waals surface area contributed by atoms with Crippen LogP contribution in [-0.2, 0) is 22.7 Å². The molecule has 15 heavy (non-hydrogen) atoms. The zero-order valence-electron chi connectivity index (χ0n) is 8.95. The molecule has 0 bridgehead atoms. The van der Waals surface area contributed by atoms with E-state index < -0.39 is 9.84 Å². The Morgan fingerprint density at radius 1 is 1.13 bits per heavy atom. The number of hydrogen-bond donors (Lipinski definition) is 0. The molecule has 1 aromatic rings. The van der Waals surface area contributed by atoms with Crippen molar-refractivity contribution in [2.75, 3.05) is 6.26 Å².